The number of rotatable bonds is 9. The minimum absolute atomic E-state index is 0.178. The number of methoxy groups -OCH3 is 1. The standard InChI is InChI=1S/C24H27NO4/c1-4-21(10-9-16-27-3)23-19-28-18-22(24(23)26)12-11-20(2)29-17-8-7-15-25-13-5-6-14-25/h4,9-12,16,18-19H,1-2,5-6,13-15,17H2,3H3/b12-11-,16-9+,21-10+. The van der Waals surface area contributed by atoms with E-state index in [0.717, 1.165) is 19.6 Å². The number of allylic oxidation sites excluding steroid dienone is 5. The van der Waals surface area contributed by atoms with Crippen LogP contribution in [0.3, 0.4) is 0 Å². The molecule has 0 aromatic carbocycles. The van der Waals surface area contributed by atoms with Gasteiger partial charge in [0.2, 0.25) is 0 Å². The third-order valence-corrected chi connectivity index (χ3v) is 4.31. The van der Waals surface area contributed by atoms with Gasteiger partial charge in [0, 0.05) is 0 Å². The molecule has 1 fully saturated rings. The summed E-state index contributed by atoms with van der Waals surface area (Å²) in [5.41, 5.74) is 1.24. The zero-order chi connectivity index (χ0) is 20.9. The molecule has 1 aliphatic heterocycles. The van der Waals surface area contributed by atoms with Gasteiger partial charge in [-0.05, 0) is 49.7 Å². The van der Waals surface area contributed by atoms with Gasteiger partial charge in [0.05, 0.1) is 31.0 Å². The Balaban J connectivity index is 1.95. The molecular formula is C24H27NO4. The highest BCUT2D eigenvalue weighted by atomic mass is 16.5. The van der Waals surface area contributed by atoms with E-state index in [9.17, 15) is 4.79 Å². The minimum atomic E-state index is -0.178. The molecule has 0 radical (unpaired) electrons. The fourth-order valence-electron chi connectivity index (χ4n) is 2.76. The fraction of sp³-hybridized carbons (Fsp3) is 0.292. The van der Waals surface area contributed by atoms with Gasteiger partial charge in [-0.25, -0.2) is 0 Å². The van der Waals surface area contributed by atoms with Crippen molar-refractivity contribution in [3.8, 4) is 11.8 Å². The zero-order valence-electron chi connectivity index (χ0n) is 16.9. The normalized spacial score (nSPS) is 14.7. The maximum atomic E-state index is 12.7. The minimum Gasteiger partial charge on any atom is -0.504 e. The second-order valence-corrected chi connectivity index (χ2v) is 6.39. The first-order chi connectivity index (χ1) is 14.2. The van der Waals surface area contributed by atoms with Crippen LogP contribution >= 0.6 is 0 Å². The average Bonchev–Trinajstić information content (AvgIpc) is 3.24. The molecule has 0 N–H and O–H groups in total. The van der Waals surface area contributed by atoms with Crippen LogP contribution < -0.4 is 5.43 Å². The van der Waals surface area contributed by atoms with E-state index < -0.39 is 0 Å². The van der Waals surface area contributed by atoms with E-state index in [2.05, 4.69) is 29.9 Å². The van der Waals surface area contributed by atoms with Crippen LogP contribution in [0.15, 0.2) is 71.2 Å². The van der Waals surface area contributed by atoms with Crippen molar-refractivity contribution in [2.45, 2.75) is 12.8 Å². The Morgan fingerprint density at radius 2 is 2.10 bits per heavy atom. The predicted molar refractivity (Wildman–Crippen MR) is 117 cm³/mol. The smallest absolute Gasteiger partial charge is 0.199 e. The maximum Gasteiger partial charge on any atom is 0.199 e. The number of hydrogen-bond donors (Lipinski definition) is 0. The summed E-state index contributed by atoms with van der Waals surface area (Å²) in [7, 11) is 1.55. The molecule has 0 aliphatic carbocycles. The lowest BCUT2D eigenvalue weighted by Gasteiger charge is -2.08. The lowest BCUT2D eigenvalue weighted by Crippen LogP contribution is -2.19. The molecule has 2 rings (SSSR count). The van der Waals surface area contributed by atoms with E-state index in [1.165, 1.54) is 31.6 Å². The van der Waals surface area contributed by atoms with Crippen LogP contribution in [0, 0.1) is 11.8 Å². The molecule has 0 spiro atoms. The van der Waals surface area contributed by atoms with E-state index in [0.29, 0.717) is 22.5 Å². The van der Waals surface area contributed by atoms with E-state index in [1.807, 2.05) is 0 Å². The molecule has 1 saturated heterocycles. The number of likely N-dealkylation sites (tertiary alicyclic amines) is 1. The first-order valence-electron chi connectivity index (χ1n) is 9.46. The quantitative estimate of drug-likeness (QED) is 0.360. The maximum absolute atomic E-state index is 12.7. The van der Waals surface area contributed by atoms with Crippen LogP contribution in [0.2, 0.25) is 0 Å². The topological polar surface area (TPSA) is 51.9 Å². The highest BCUT2D eigenvalue weighted by molar-refractivity contribution is 5.75. The van der Waals surface area contributed by atoms with E-state index in [-0.39, 0.29) is 12.0 Å². The lowest BCUT2D eigenvalue weighted by molar-refractivity contribution is 0.269. The molecule has 1 aromatic rings. The lowest BCUT2D eigenvalue weighted by atomic mass is 10.1. The SMILES string of the molecule is C=C/C(=C\C=C\OC)c1cocc(/C=C\C(=C)OCC#CCN2CCCC2)c1=O. The Morgan fingerprint density at radius 3 is 2.83 bits per heavy atom. The van der Waals surface area contributed by atoms with Crippen molar-refractivity contribution in [2.75, 3.05) is 33.4 Å². The second-order valence-electron chi connectivity index (χ2n) is 6.39. The molecule has 5 nitrogen and oxygen atoms in total. The van der Waals surface area contributed by atoms with Crippen molar-refractivity contribution in [3.05, 3.63) is 83.4 Å². The first-order valence-corrected chi connectivity index (χ1v) is 9.46. The fourth-order valence-corrected chi connectivity index (χ4v) is 2.76. The van der Waals surface area contributed by atoms with Gasteiger partial charge < -0.3 is 13.9 Å². The van der Waals surface area contributed by atoms with E-state index in [4.69, 9.17) is 13.9 Å². The summed E-state index contributed by atoms with van der Waals surface area (Å²) in [4.78, 5) is 15.0. The van der Waals surface area contributed by atoms with Crippen LogP contribution in [0.4, 0.5) is 0 Å². The van der Waals surface area contributed by atoms with Gasteiger partial charge in [-0.3, -0.25) is 9.69 Å². The molecule has 0 saturated carbocycles. The molecule has 2 heterocycles. The average molecular weight is 393 g/mol. The van der Waals surface area contributed by atoms with Crippen molar-refractivity contribution in [3.63, 3.8) is 0 Å². The van der Waals surface area contributed by atoms with E-state index >= 15 is 0 Å². The summed E-state index contributed by atoms with van der Waals surface area (Å²) in [6.07, 6.45) is 15.0. The summed E-state index contributed by atoms with van der Waals surface area (Å²) in [5.74, 6) is 6.51. The summed E-state index contributed by atoms with van der Waals surface area (Å²) in [6.45, 7) is 10.9. The van der Waals surface area contributed by atoms with Gasteiger partial charge in [-0.2, -0.15) is 0 Å². The van der Waals surface area contributed by atoms with Gasteiger partial charge in [0.15, 0.2) is 5.43 Å². The molecule has 29 heavy (non-hydrogen) atoms. The Kier molecular flexibility index (Phi) is 9.34. The third kappa shape index (κ3) is 7.36. The van der Waals surface area contributed by atoms with Gasteiger partial charge in [-0.1, -0.05) is 37.2 Å². The van der Waals surface area contributed by atoms with Crippen LogP contribution in [-0.4, -0.2) is 38.3 Å². The second kappa shape index (κ2) is 12.3. The molecule has 1 aliphatic rings. The molecule has 1 aromatic heterocycles. The highest BCUT2D eigenvalue weighted by Crippen LogP contribution is 2.13. The Bertz CT molecular complexity index is 903. The Morgan fingerprint density at radius 1 is 1.31 bits per heavy atom. The Labute approximate surface area is 172 Å². The predicted octanol–water partition coefficient (Wildman–Crippen LogP) is 4.01. The molecule has 0 amide bonds. The molecular weight excluding hydrogens is 366 g/mol. The van der Waals surface area contributed by atoms with E-state index in [1.54, 1.807) is 37.5 Å². The van der Waals surface area contributed by atoms with Crippen LogP contribution in [-0.2, 0) is 9.47 Å². The largest absolute Gasteiger partial charge is 0.504 e. The molecule has 0 atom stereocenters. The van der Waals surface area contributed by atoms with Crippen molar-refractivity contribution in [1.82, 2.24) is 4.90 Å². The number of ether oxygens (including phenoxy) is 2. The first kappa shape index (κ1) is 22.1. The zero-order valence-corrected chi connectivity index (χ0v) is 16.9. The molecule has 0 unspecified atom stereocenters. The molecule has 0 bridgehead atoms. The van der Waals surface area contributed by atoms with Crippen LogP contribution in [0.1, 0.15) is 24.0 Å². The van der Waals surface area contributed by atoms with Crippen molar-refractivity contribution < 1.29 is 13.9 Å². The molecule has 152 valence electrons. The van der Waals surface area contributed by atoms with Gasteiger partial charge in [-0.15, -0.1) is 0 Å². The third-order valence-electron chi connectivity index (χ3n) is 4.31. The summed E-state index contributed by atoms with van der Waals surface area (Å²) < 4.78 is 15.6. The highest BCUT2D eigenvalue weighted by Gasteiger charge is 2.09. The molecule has 5 heteroatoms. The number of nitrogens with zero attached hydrogens (tertiary/aromatic N) is 1. The van der Waals surface area contributed by atoms with Crippen LogP contribution in [0.5, 0.6) is 0 Å². The van der Waals surface area contributed by atoms with Crippen molar-refractivity contribution >= 4 is 11.6 Å². The van der Waals surface area contributed by atoms with Gasteiger partial charge in [0.1, 0.15) is 24.9 Å². The van der Waals surface area contributed by atoms with Gasteiger partial charge in [0.25, 0.3) is 0 Å². The van der Waals surface area contributed by atoms with Crippen LogP contribution in [0.25, 0.3) is 11.6 Å². The Hall–Kier alpha value is -3.23. The van der Waals surface area contributed by atoms with Gasteiger partial charge >= 0.3 is 0 Å². The van der Waals surface area contributed by atoms with Crippen molar-refractivity contribution in [1.29, 1.82) is 0 Å². The summed E-state index contributed by atoms with van der Waals surface area (Å²) >= 11 is 0. The monoisotopic (exact) mass is 393 g/mol. The summed E-state index contributed by atoms with van der Waals surface area (Å²) in [6, 6.07) is 0. The number of hydrogen-bond acceptors (Lipinski definition) is 5. The van der Waals surface area contributed by atoms with Crippen molar-refractivity contribution in [2.24, 2.45) is 0 Å². The summed E-state index contributed by atoms with van der Waals surface area (Å²) in [5, 5.41) is 0.